The number of hydrogen-bond acceptors (Lipinski definition) is 4. The number of aryl methyl sites for hydroxylation is 1. The molecule has 1 amide bonds. The molecule has 3 rings (SSSR count). The number of benzene rings is 2. The van der Waals surface area contributed by atoms with E-state index in [2.05, 4.69) is 10.3 Å². The summed E-state index contributed by atoms with van der Waals surface area (Å²) in [6.07, 6.45) is 0.759. The van der Waals surface area contributed by atoms with Crippen molar-refractivity contribution in [3.05, 3.63) is 69.7 Å². The van der Waals surface area contributed by atoms with Gasteiger partial charge in [0.25, 0.3) is 5.91 Å². The first-order chi connectivity index (χ1) is 12.6. The summed E-state index contributed by atoms with van der Waals surface area (Å²) in [6.45, 7) is 2.41. The summed E-state index contributed by atoms with van der Waals surface area (Å²) in [5.74, 6) is 0.730. The van der Waals surface area contributed by atoms with Crippen LogP contribution in [0, 0.1) is 6.92 Å². The fourth-order valence-electron chi connectivity index (χ4n) is 2.54. The van der Waals surface area contributed by atoms with Crippen LogP contribution < -0.4 is 10.1 Å². The molecule has 0 aliphatic heterocycles. The van der Waals surface area contributed by atoms with E-state index in [1.54, 1.807) is 7.11 Å². The van der Waals surface area contributed by atoms with Gasteiger partial charge >= 0.3 is 0 Å². The highest BCUT2D eigenvalue weighted by Crippen LogP contribution is 2.29. The number of halogens is 1. The minimum Gasteiger partial charge on any atom is -0.497 e. The van der Waals surface area contributed by atoms with Gasteiger partial charge in [-0.05, 0) is 43.2 Å². The summed E-state index contributed by atoms with van der Waals surface area (Å²) in [4.78, 5) is 17.6. The predicted molar refractivity (Wildman–Crippen MR) is 106 cm³/mol. The second kappa shape index (κ2) is 8.34. The normalized spacial score (nSPS) is 10.6. The van der Waals surface area contributed by atoms with E-state index in [0.717, 1.165) is 34.0 Å². The van der Waals surface area contributed by atoms with Crippen LogP contribution in [-0.4, -0.2) is 24.5 Å². The average Bonchev–Trinajstić information content (AvgIpc) is 3.04. The minimum absolute atomic E-state index is 0.0956. The van der Waals surface area contributed by atoms with Crippen molar-refractivity contribution < 1.29 is 9.53 Å². The van der Waals surface area contributed by atoms with Crippen LogP contribution in [0.2, 0.25) is 5.02 Å². The lowest BCUT2D eigenvalue weighted by Crippen LogP contribution is -2.25. The third-order valence-electron chi connectivity index (χ3n) is 3.93. The van der Waals surface area contributed by atoms with Crippen LogP contribution in [0.25, 0.3) is 10.6 Å². The number of rotatable bonds is 6. The zero-order valence-electron chi connectivity index (χ0n) is 14.6. The molecule has 0 aliphatic rings. The Balaban J connectivity index is 1.62. The number of thiazole rings is 1. The van der Waals surface area contributed by atoms with Gasteiger partial charge in [-0.3, -0.25) is 4.79 Å². The van der Waals surface area contributed by atoms with Crippen LogP contribution in [0.15, 0.2) is 48.5 Å². The average molecular weight is 387 g/mol. The van der Waals surface area contributed by atoms with E-state index in [9.17, 15) is 4.79 Å². The second-order valence-corrected chi connectivity index (χ2v) is 7.23. The van der Waals surface area contributed by atoms with Gasteiger partial charge in [-0.25, -0.2) is 4.98 Å². The number of carbonyl (C=O) groups excluding carboxylic acids is 1. The van der Waals surface area contributed by atoms with E-state index < -0.39 is 0 Å². The van der Waals surface area contributed by atoms with Crippen molar-refractivity contribution in [3.63, 3.8) is 0 Å². The van der Waals surface area contributed by atoms with Gasteiger partial charge in [0.1, 0.15) is 15.6 Å². The predicted octanol–water partition coefficient (Wildman–Crippen LogP) is 4.75. The Morgan fingerprint density at radius 3 is 2.69 bits per heavy atom. The van der Waals surface area contributed by atoms with E-state index in [4.69, 9.17) is 16.3 Å². The molecule has 0 atom stereocenters. The lowest BCUT2D eigenvalue weighted by molar-refractivity contribution is 0.0957. The number of aromatic nitrogens is 1. The molecule has 0 spiro atoms. The van der Waals surface area contributed by atoms with Gasteiger partial charge in [0.2, 0.25) is 0 Å². The van der Waals surface area contributed by atoms with Crippen molar-refractivity contribution in [3.8, 4) is 16.3 Å². The molecule has 0 fully saturated rings. The van der Waals surface area contributed by atoms with Crippen molar-refractivity contribution >= 4 is 28.8 Å². The standard InChI is InChI=1S/C20H19ClN2O2S/c1-13-18(26-20(23-13)15-4-3-5-16(21)12-15)19(24)22-11-10-14-6-8-17(25-2)9-7-14/h3-9,12H,10-11H2,1-2H3,(H,22,24). The molecule has 1 N–H and O–H groups in total. The summed E-state index contributed by atoms with van der Waals surface area (Å²) in [7, 11) is 1.64. The molecular weight excluding hydrogens is 368 g/mol. The van der Waals surface area contributed by atoms with Crippen LogP contribution in [0.5, 0.6) is 5.75 Å². The van der Waals surface area contributed by atoms with Gasteiger partial charge in [-0.15, -0.1) is 11.3 Å². The molecule has 0 saturated heterocycles. The topological polar surface area (TPSA) is 51.2 Å². The van der Waals surface area contributed by atoms with Crippen LogP contribution in [0.4, 0.5) is 0 Å². The molecule has 6 heteroatoms. The third-order valence-corrected chi connectivity index (χ3v) is 5.37. The monoisotopic (exact) mass is 386 g/mol. The highest BCUT2D eigenvalue weighted by Gasteiger charge is 2.16. The zero-order chi connectivity index (χ0) is 18.5. The maximum absolute atomic E-state index is 12.5. The Morgan fingerprint density at radius 2 is 2.00 bits per heavy atom. The van der Waals surface area contributed by atoms with Crippen LogP contribution in [0.1, 0.15) is 20.9 Å². The first-order valence-electron chi connectivity index (χ1n) is 8.21. The lowest BCUT2D eigenvalue weighted by atomic mass is 10.1. The molecule has 0 saturated carbocycles. The van der Waals surface area contributed by atoms with Gasteiger partial charge in [-0.1, -0.05) is 35.9 Å². The van der Waals surface area contributed by atoms with E-state index in [1.807, 2.05) is 55.5 Å². The summed E-state index contributed by atoms with van der Waals surface area (Å²) < 4.78 is 5.15. The van der Waals surface area contributed by atoms with Crippen molar-refractivity contribution in [2.75, 3.05) is 13.7 Å². The van der Waals surface area contributed by atoms with E-state index in [-0.39, 0.29) is 5.91 Å². The highest BCUT2D eigenvalue weighted by atomic mass is 35.5. The number of carbonyl (C=O) groups is 1. The van der Waals surface area contributed by atoms with Gasteiger partial charge in [0.05, 0.1) is 12.8 Å². The fourth-order valence-corrected chi connectivity index (χ4v) is 3.71. The fraction of sp³-hybridized carbons (Fsp3) is 0.200. The van der Waals surface area contributed by atoms with Crippen LogP contribution >= 0.6 is 22.9 Å². The van der Waals surface area contributed by atoms with Gasteiger partial charge in [-0.2, -0.15) is 0 Å². The Morgan fingerprint density at radius 1 is 1.23 bits per heavy atom. The SMILES string of the molecule is COc1ccc(CCNC(=O)c2sc(-c3cccc(Cl)c3)nc2C)cc1. The Hall–Kier alpha value is -2.37. The number of nitrogens with zero attached hydrogens (tertiary/aromatic N) is 1. The third kappa shape index (κ3) is 4.42. The number of ether oxygens (including phenoxy) is 1. The number of nitrogens with one attached hydrogen (secondary N) is 1. The minimum atomic E-state index is -0.0956. The van der Waals surface area contributed by atoms with Crippen molar-refractivity contribution in [2.45, 2.75) is 13.3 Å². The number of hydrogen-bond donors (Lipinski definition) is 1. The number of amides is 1. The van der Waals surface area contributed by atoms with E-state index in [1.165, 1.54) is 11.3 Å². The second-order valence-electron chi connectivity index (χ2n) is 5.80. The summed E-state index contributed by atoms with van der Waals surface area (Å²) in [6, 6.07) is 15.3. The van der Waals surface area contributed by atoms with E-state index in [0.29, 0.717) is 16.4 Å². The first-order valence-corrected chi connectivity index (χ1v) is 9.41. The van der Waals surface area contributed by atoms with Crippen LogP contribution in [-0.2, 0) is 6.42 Å². The van der Waals surface area contributed by atoms with Gasteiger partial charge < -0.3 is 10.1 Å². The molecular formula is C20H19ClN2O2S. The molecule has 1 heterocycles. The molecule has 0 radical (unpaired) electrons. The van der Waals surface area contributed by atoms with Gasteiger partial charge in [0, 0.05) is 17.1 Å². The largest absolute Gasteiger partial charge is 0.497 e. The molecule has 26 heavy (non-hydrogen) atoms. The molecule has 134 valence electrons. The summed E-state index contributed by atoms with van der Waals surface area (Å²) in [5, 5.41) is 4.42. The molecule has 1 aromatic heterocycles. The Labute approximate surface area is 161 Å². The molecule has 0 bridgehead atoms. The molecule has 0 unspecified atom stereocenters. The zero-order valence-corrected chi connectivity index (χ0v) is 16.2. The van der Waals surface area contributed by atoms with Crippen molar-refractivity contribution in [1.82, 2.24) is 10.3 Å². The Bertz CT molecular complexity index is 906. The quantitative estimate of drug-likeness (QED) is 0.664. The first kappa shape index (κ1) is 18.4. The summed E-state index contributed by atoms with van der Waals surface area (Å²) in [5.41, 5.74) is 2.79. The Kier molecular flexibility index (Phi) is 5.91. The molecule has 3 aromatic rings. The lowest BCUT2D eigenvalue weighted by Gasteiger charge is -2.05. The molecule has 0 aliphatic carbocycles. The van der Waals surface area contributed by atoms with Crippen LogP contribution in [0.3, 0.4) is 0 Å². The van der Waals surface area contributed by atoms with Crippen molar-refractivity contribution in [2.24, 2.45) is 0 Å². The summed E-state index contributed by atoms with van der Waals surface area (Å²) >= 11 is 7.42. The van der Waals surface area contributed by atoms with Gasteiger partial charge in [0.15, 0.2) is 0 Å². The maximum atomic E-state index is 12.5. The molecule has 4 nitrogen and oxygen atoms in total. The van der Waals surface area contributed by atoms with E-state index >= 15 is 0 Å². The maximum Gasteiger partial charge on any atom is 0.263 e. The number of methoxy groups -OCH3 is 1. The smallest absolute Gasteiger partial charge is 0.263 e. The van der Waals surface area contributed by atoms with Crippen molar-refractivity contribution in [1.29, 1.82) is 0 Å². The molecule has 2 aromatic carbocycles. The highest BCUT2D eigenvalue weighted by molar-refractivity contribution is 7.17.